The number of rotatable bonds is 3. The van der Waals surface area contributed by atoms with Crippen molar-refractivity contribution in [2.24, 2.45) is 0 Å². The van der Waals surface area contributed by atoms with Crippen molar-refractivity contribution in [3.8, 4) is 0 Å². The molecule has 12 heavy (non-hydrogen) atoms. The van der Waals surface area contributed by atoms with E-state index in [9.17, 15) is 0 Å². The normalized spacial score (nSPS) is 9.92. The van der Waals surface area contributed by atoms with Crippen LogP contribution in [0.15, 0.2) is 27.1 Å². The van der Waals surface area contributed by atoms with E-state index in [4.69, 9.17) is 5.11 Å². The fraction of sp³-hybridized carbons (Fsp3) is 0.250. The molecule has 0 atom stereocenters. The average molecular weight is 295 g/mol. The molecule has 0 aliphatic heterocycles. The highest BCUT2D eigenvalue weighted by atomic mass is 79.9. The van der Waals surface area contributed by atoms with E-state index in [1.165, 1.54) is 0 Å². The number of aliphatic hydroxyl groups excluding tert-OH is 1. The van der Waals surface area contributed by atoms with Gasteiger partial charge in [-0.3, -0.25) is 0 Å². The number of hydrogen-bond acceptors (Lipinski definition) is 2. The molecule has 0 heterocycles. The minimum Gasteiger partial charge on any atom is -0.395 e. The predicted octanol–water partition coefficient (Wildman–Crippen LogP) is 2.62. The van der Waals surface area contributed by atoms with Crippen LogP contribution < -0.4 is 5.32 Å². The van der Waals surface area contributed by atoms with Gasteiger partial charge >= 0.3 is 0 Å². The zero-order chi connectivity index (χ0) is 8.97. The van der Waals surface area contributed by atoms with Crippen molar-refractivity contribution < 1.29 is 5.11 Å². The maximum absolute atomic E-state index is 8.62. The molecule has 0 saturated heterocycles. The summed E-state index contributed by atoms with van der Waals surface area (Å²) in [4.78, 5) is 0. The number of benzene rings is 1. The Balaban J connectivity index is 2.81. The van der Waals surface area contributed by atoms with Gasteiger partial charge in [-0.15, -0.1) is 0 Å². The molecular weight excluding hydrogens is 286 g/mol. The number of para-hydroxylation sites is 1. The highest BCUT2D eigenvalue weighted by Crippen LogP contribution is 2.30. The summed E-state index contributed by atoms with van der Waals surface area (Å²) >= 11 is 6.81. The molecule has 0 amide bonds. The lowest BCUT2D eigenvalue weighted by molar-refractivity contribution is 0.311. The van der Waals surface area contributed by atoms with Crippen molar-refractivity contribution in [3.05, 3.63) is 27.1 Å². The monoisotopic (exact) mass is 293 g/mol. The number of hydrogen-bond donors (Lipinski definition) is 2. The van der Waals surface area contributed by atoms with Crippen molar-refractivity contribution >= 4 is 37.5 Å². The van der Waals surface area contributed by atoms with E-state index in [-0.39, 0.29) is 6.61 Å². The van der Waals surface area contributed by atoms with Crippen LogP contribution in [0.25, 0.3) is 0 Å². The van der Waals surface area contributed by atoms with Gasteiger partial charge in [-0.05, 0) is 44.0 Å². The van der Waals surface area contributed by atoms with Crippen molar-refractivity contribution in [3.63, 3.8) is 0 Å². The second-order valence-corrected chi connectivity index (χ2v) is 3.96. The summed E-state index contributed by atoms with van der Waals surface area (Å²) in [6.07, 6.45) is 0. The molecule has 66 valence electrons. The Morgan fingerprint density at radius 3 is 2.33 bits per heavy atom. The predicted molar refractivity (Wildman–Crippen MR) is 57.4 cm³/mol. The van der Waals surface area contributed by atoms with Gasteiger partial charge in [-0.2, -0.15) is 0 Å². The highest BCUT2D eigenvalue weighted by Gasteiger charge is 2.01. The van der Waals surface area contributed by atoms with Crippen molar-refractivity contribution in [2.75, 3.05) is 18.5 Å². The van der Waals surface area contributed by atoms with Crippen molar-refractivity contribution in [1.29, 1.82) is 0 Å². The number of anilines is 1. The molecule has 2 nitrogen and oxygen atoms in total. The Morgan fingerprint density at radius 1 is 1.25 bits per heavy atom. The van der Waals surface area contributed by atoms with Gasteiger partial charge in [0.05, 0.1) is 12.3 Å². The van der Waals surface area contributed by atoms with Crippen LogP contribution >= 0.6 is 31.9 Å². The molecule has 0 aliphatic rings. The minimum absolute atomic E-state index is 0.133. The topological polar surface area (TPSA) is 32.3 Å². The Morgan fingerprint density at radius 2 is 1.83 bits per heavy atom. The van der Waals surface area contributed by atoms with Crippen LogP contribution in [0, 0.1) is 0 Å². The molecule has 0 aromatic heterocycles. The third-order valence-electron chi connectivity index (χ3n) is 1.38. The quantitative estimate of drug-likeness (QED) is 0.898. The lowest BCUT2D eigenvalue weighted by atomic mass is 10.3. The number of halogens is 2. The zero-order valence-corrected chi connectivity index (χ0v) is 9.52. The minimum atomic E-state index is 0.133. The molecule has 1 aromatic rings. The molecule has 0 saturated carbocycles. The molecular formula is C8H9Br2NO. The summed E-state index contributed by atoms with van der Waals surface area (Å²) < 4.78 is 1.98. The first-order valence-corrected chi connectivity index (χ1v) is 5.13. The average Bonchev–Trinajstić information content (AvgIpc) is 2.04. The van der Waals surface area contributed by atoms with Gasteiger partial charge in [0.1, 0.15) is 0 Å². The summed E-state index contributed by atoms with van der Waals surface area (Å²) in [5, 5.41) is 11.7. The molecule has 2 N–H and O–H groups in total. The second kappa shape index (κ2) is 4.84. The van der Waals surface area contributed by atoms with Crippen LogP contribution in [0.1, 0.15) is 0 Å². The van der Waals surface area contributed by atoms with E-state index in [0.29, 0.717) is 6.54 Å². The maximum atomic E-state index is 8.62. The smallest absolute Gasteiger partial charge is 0.0629 e. The summed E-state index contributed by atoms with van der Waals surface area (Å²) in [5.74, 6) is 0. The molecule has 1 aromatic carbocycles. The molecule has 0 radical (unpaired) electrons. The summed E-state index contributed by atoms with van der Waals surface area (Å²) in [7, 11) is 0. The third kappa shape index (κ3) is 2.47. The maximum Gasteiger partial charge on any atom is 0.0629 e. The second-order valence-electron chi connectivity index (χ2n) is 2.25. The summed E-state index contributed by atoms with van der Waals surface area (Å²) in [6, 6.07) is 5.84. The third-order valence-corrected chi connectivity index (χ3v) is 2.70. The van der Waals surface area contributed by atoms with Gasteiger partial charge in [0.2, 0.25) is 0 Å². The van der Waals surface area contributed by atoms with E-state index in [2.05, 4.69) is 37.2 Å². The molecule has 0 bridgehead atoms. The Bertz CT molecular complexity index is 245. The highest BCUT2D eigenvalue weighted by molar-refractivity contribution is 9.11. The van der Waals surface area contributed by atoms with Crippen LogP contribution in [-0.4, -0.2) is 18.3 Å². The first-order valence-electron chi connectivity index (χ1n) is 3.54. The lowest BCUT2D eigenvalue weighted by Gasteiger charge is -2.08. The van der Waals surface area contributed by atoms with E-state index in [0.717, 1.165) is 14.6 Å². The van der Waals surface area contributed by atoms with E-state index in [1.807, 2.05) is 18.2 Å². The van der Waals surface area contributed by atoms with Crippen LogP contribution in [0.4, 0.5) is 5.69 Å². The molecule has 0 unspecified atom stereocenters. The molecule has 4 heteroatoms. The van der Waals surface area contributed by atoms with Crippen LogP contribution in [0.2, 0.25) is 0 Å². The van der Waals surface area contributed by atoms with E-state index in [1.54, 1.807) is 0 Å². The fourth-order valence-electron chi connectivity index (χ4n) is 0.848. The van der Waals surface area contributed by atoms with Gasteiger partial charge in [0, 0.05) is 15.5 Å². The van der Waals surface area contributed by atoms with Crippen molar-refractivity contribution in [1.82, 2.24) is 0 Å². The lowest BCUT2D eigenvalue weighted by Crippen LogP contribution is -2.06. The molecule has 0 spiro atoms. The van der Waals surface area contributed by atoms with Gasteiger partial charge in [0.25, 0.3) is 0 Å². The zero-order valence-electron chi connectivity index (χ0n) is 6.35. The van der Waals surface area contributed by atoms with Crippen LogP contribution in [0.5, 0.6) is 0 Å². The molecule has 1 rings (SSSR count). The molecule has 0 fully saturated rings. The Kier molecular flexibility index (Phi) is 4.05. The fourth-order valence-corrected chi connectivity index (χ4v) is 2.13. The summed E-state index contributed by atoms with van der Waals surface area (Å²) in [6.45, 7) is 0.689. The first kappa shape index (κ1) is 10.0. The van der Waals surface area contributed by atoms with Crippen molar-refractivity contribution in [2.45, 2.75) is 0 Å². The van der Waals surface area contributed by atoms with Gasteiger partial charge < -0.3 is 10.4 Å². The largest absolute Gasteiger partial charge is 0.395 e. The Hall–Kier alpha value is -0.0600. The van der Waals surface area contributed by atoms with Crippen LogP contribution in [0.3, 0.4) is 0 Å². The van der Waals surface area contributed by atoms with E-state index < -0.39 is 0 Å². The van der Waals surface area contributed by atoms with Gasteiger partial charge in [-0.1, -0.05) is 6.07 Å². The number of nitrogens with one attached hydrogen (secondary N) is 1. The number of aliphatic hydroxyl groups is 1. The first-order chi connectivity index (χ1) is 5.75. The van der Waals surface area contributed by atoms with Gasteiger partial charge in [-0.25, -0.2) is 0 Å². The van der Waals surface area contributed by atoms with Crippen LogP contribution in [-0.2, 0) is 0 Å². The van der Waals surface area contributed by atoms with Gasteiger partial charge in [0.15, 0.2) is 0 Å². The molecule has 0 aliphatic carbocycles. The summed E-state index contributed by atoms with van der Waals surface area (Å²) in [5.41, 5.74) is 0.978. The Labute approximate surface area is 88.2 Å². The van der Waals surface area contributed by atoms with E-state index >= 15 is 0 Å². The standard InChI is InChI=1S/C8H9Br2NO/c9-6-2-1-3-7(10)8(6)11-4-5-12/h1-3,11-12H,4-5H2. The SMILES string of the molecule is OCCNc1c(Br)cccc1Br.